The molecule has 0 saturated carbocycles. The lowest BCUT2D eigenvalue weighted by Gasteiger charge is -2.32. The second kappa shape index (κ2) is 7.06. The van der Waals surface area contributed by atoms with Gasteiger partial charge in [0.25, 0.3) is 5.91 Å². The van der Waals surface area contributed by atoms with Crippen LogP contribution in [-0.4, -0.2) is 30.0 Å². The minimum Gasteiger partial charge on any atom is -0.490 e. The van der Waals surface area contributed by atoms with Crippen molar-refractivity contribution in [2.45, 2.75) is 18.9 Å². The number of carbonyl (C=O) groups is 1. The summed E-state index contributed by atoms with van der Waals surface area (Å²) in [7, 11) is 0. The van der Waals surface area contributed by atoms with Gasteiger partial charge >= 0.3 is 0 Å². The first kappa shape index (κ1) is 16.4. The molecule has 1 aliphatic rings. The highest BCUT2D eigenvalue weighted by Crippen LogP contribution is 2.28. The lowest BCUT2D eigenvalue weighted by Crippen LogP contribution is -2.41. The number of thiophene rings is 1. The molecular formula is C20H18ClNO2S. The molecule has 0 atom stereocenters. The number of hydrogen-bond donors (Lipinski definition) is 0. The number of amides is 1. The van der Waals surface area contributed by atoms with Crippen molar-refractivity contribution in [3.05, 3.63) is 64.5 Å². The second-order valence-electron chi connectivity index (χ2n) is 6.21. The van der Waals surface area contributed by atoms with Crippen LogP contribution >= 0.6 is 22.9 Å². The van der Waals surface area contributed by atoms with Crippen LogP contribution < -0.4 is 4.74 Å². The zero-order valence-electron chi connectivity index (χ0n) is 13.7. The van der Waals surface area contributed by atoms with Gasteiger partial charge in [-0.1, -0.05) is 29.8 Å². The summed E-state index contributed by atoms with van der Waals surface area (Å²) in [5.74, 6) is 0.963. The molecule has 0 radical (unpaired) electrons. The van der Waals surface area contributed by atoms with Gasteiger partial charge in [-0.15, -0.1) is 11.3 Å². The average Bonchev–Trinajstić information content (AvgIpc) is 3.08. The summed E-state index contributed by atoms with van der Waals surface area (Å²) in [6.45, 7) is 1.46. The van der Waals surface area contributed by atoms with Crippen molar-refractivity contribution in [3.63, 3.8) is 0 Å². The smallest absolute Gasteiger partial charge is 0.263 e. The standard InChI is InChI=1S/C20H18ClNO2S/c21-15-5-7-16(8-6-15)24-17-9-11-22(12-10-17)20(23)19-13-14-3-1-2-4-18(14)25-19/h1-8,13,17H,9-12H2. The number of piperidine rings is 1. The molecule has 25 heavy (non-hydrogen) atoms. The molecule has 2 aromatic carbocycles. The minimum absolute atomic E-state index is 0.131. The normalized spacial score (nSPS) is 15.5. The van der Waals surface area contributed by atoms with Gasteiger partial charge in [-0.2, -0.15) is 0 Å². The van der Waals surface area contributed by atoms with Gasteiger partial charge in [0.2, 0.25) is 0 Å². The van der Waals surface area contributed by atoms with Gasteiger partial charge in [0, 0.05) is 35.7 Å². The van der Waals surface area contributed by atoms with E-state index in [9.17, 15) is 4.79 Å². The van der Waals surface area contributed by atoms with E-state index in [0.29, 0.717) is 5.02 Å². The topological polar surface area (TPSA) is 29.5 Å². The number of benzene rings is 2. The fraction of sp³-hybridized carbons (Fsp3) is 0.250. The summed E-state index contributed by atoms with van der Waals surface area (Å²) in [5.41, 5.74) is 0. The number of ether oxygens (including phenoxy) is 1. The van der Waals surface area contributed by atoms with E-state index in [1.54, 1.807) is 11.3 Å². The van der Waals surface area contributed by atoms with Crippen LogP contribution in [0.2, 0.25) is 5.02 Å². The van der Waals surface area contributed by atoms with Crippen molar-refractivity contribution in [2.24, 2.45) is 0 Å². The molecule has 1 aliphatic heterocycles. The Hall–Kier alpha value is -2.04. The number of halogens is 1. The lowest BCUT2D eigenvalue weighted by molar-refractivity contribution is 0.0600. The fourth-order valence-electron chi connectivity index (χ4n) is 3.13. The molecule has 1 aromatic heterocycles. The summed E-state index contributed by atoms with van der Waals surface area (Å²) >= 11 is 7.47. The molecule has 3 nitrogen and oxygen atoms in total. The van der Waals surface area contributed by atoms with E-state index < -0.39 is 0 Å². The highest BCUT2D eigenvalue weighted by atomic mass is 35.5. The van der Waals surface area contributed by atoms with Crippen LogP contribution in [-0.2, 0) is 0 Å². The Kier molecular flexibility index (Phi) is 4.64. The van der Waals surface area contributed by atoms with E-state index >= 15 is 0 Å². The highest BCUT2D eigenvalue weighted by molar-refractivity contribution is 7.20. The highest BCUT2D eigenvalue weighted by Gasteiger charge is 2.25. The SMILES string of the molecule is O=C(c1cc2ccccc2s1)N1CCC(Oc2ccc(Cl)cc2)CC1. The van der Waals surface area contributed by atoms with Crippen molar-refractivity contribution < 1.29 is 9.53 Å². The zero-order valence-corrected chi connectivity index (χ0v) is 15.2. The Balaban J connectivity index is 1.37. The maximum Gasteiger partial charge on any atom is 0.263 e. The molecule has 1 saturated heterocycles. The van der Waals surface area contributed by atoms with Crippen LogP contribution in [0.15, 0.2) is 54.6 Å². The largest absolute Gasteiger partial charge is 0.490 e. The van der Waals surface area contributed by atoms with Crippen LogP contribution in [0.25, 0.3) is 10.1 Å². The molecular weight excluding hydrogens is 354 g/mol. The van der Waals surface area contributed by atoms with E-state index in [1.165, 1.54) is 0 Å². The Bertz CT molecular complexity index is 849. The summed E-state index contributed by atoms with van der Waals surface area (Å²) in [4.78, 5) is 15.5. The molecule has 5 heteroatoms. The van der Waals surface area contributed by atoms with Crippen LogP contribution in [0.1, 0.15) is 22.5 Å². The third-order valence-electron chi connectivity index (χ3n) is 4.48. The molecule has 4 rings (SSSR count). The van der Waals surface area contributed by atoms with Crippen LogP contribution in [0.3, 0.4) is 0 Å². The van der Waals surface area contributed by atoms with Crippen molar-refractivity contribution >= 4 is 38.9 Å². The summed E-state index contributed by atoms with van der Waals surface area (Å²) in [6.07, 6.45) is 1.84. The third kappa shape index (κ3) is 3.65. The Morgan fingerprint density at radius 1 is 1.08 bits per heavy atom. The maximum absolute atomic E-state index is 12.8. The summed E-state index contributed by atoms with van der Waals surface area (Å²) in [5, 5.41) is 1.84. The molecule has 1 amide bonds. The van der Waals surface area contributed by atoms with E-state index in [2.05, 4.69) is 12.1 Å². The Morgan fingerprint density at radius 2 is 1.80 bits per heavy atom. The minimum atomic E-state index is 0.131. The van der Waals surface area contributed by atoms with Crippen molar-refractivity contribution in [1.29, 1.82) is 0 Å². The number of fused-ring (bicyclic) bond motifs is 1. The molecule has 1 fully saturated rings. The van der Waals surface area contributed by atoms with Gasteiger partial charge in [0.05, 0.1) is 4.88 Å². The van der Waals surface area contributed by atoms with Crippen LogP contribution in [0, 0.1) is 0 Å². The van der Waals surface area contributed by atoms with Gasteiger partial charge in [-0.3, -0.25) is 4.79 Å². The summed E-state index contributed by atoms with van der Waals surface area (Å²) in [6, 6.07) is 17.5. The number of hydrogen-bond acceptors (Lipinski definition) is 3. The van der Waals surface area contributed by atoms with E-state index in [-0.39, 0.29) is 12.0 Å². The van der Waals surface area contributed by atoms with Crippen LogP contribution in [0.4, 0.5) is 0 Å². The first-order chi connectivity index (χ1) is 12.2. The molecule has 2 heterocycles. The quantitative estimate of drug-likeness (QED) is 0.630. The first-order valence-corrected chi connectivity index (χ1v) is 9.58. The monoisotopic (exact) mass is 371 g/mol. The molecule has 0 spiro atoms. The predicted molar refractivity (Wildman–Crippen MR) is 103 cm³/mol. The predicted octanol–water partition coefficient (Wildman–Crippen LogP) is 5.24. The van der Waals surface area contributed by atoms with Crippen molar-refractivity contribution in [1.82, 2.24) is 4.90 Å². The molecule has 3 aromatic rings. The summed E-state index contributed by atoms with van der Waals surface area (Å²) < 4.78 is 7.16. The first-order valence-electron chi connectivity index (χ1n) is 8.39. The number of likely N-dealkylation sites (tertiary alicyclic amines) is 1. The molecule has 0 aliphatic carbocycles. The number of rotatable bonds is 3. The van der Waals surface area contributed by atoms with Gasteiger partial charge in [-0.25, -0.2) is 0 Å². The van der Waals surface area contributed by atoms with Crippen LogP contribution in [0.5, 0.6) is 5.75 Å². The van der Waals surface area contributed by atoms with E-state index in [0.717, 1.165) is 46.6 Å². The fourth-order valence-corrected chi connectivity index (χ4v) is 4.28. The molecule has 128 valence electrons. The lowest BCUT2D eigenvalue weighted by atomic mass is 10.1. The average molecular weight is 372 g/mol. The van der Waals surface area contributed by atoms with Gasteiger partial charge in [-0.05, 0) is 41.8 Å². The van der Waals surface area contributed by atoms with E-state index in [1.807, 2.05) is 47.4 Å². The van der Waals surface area contributed by atoms with Crippen molar-refractivity contribution in [2.75, 3.05) is 13.1 Å². The third-order valence-corrected chi connectivity index (χ3v) is 5.84. The van der Waals surface area contributed by atoms with Crippen molar-refractivity contribution in [3.8, 4) is 5.75 Å². The maximum atomic E-state index is 12.8. The number of carbonyl (C=O) groups excluding carboxylic acids is 1. The van der Waals surface area contributed by atoms with Gasteiger partial charge < -0.3 is 9.64 Å². The zero-order chi connectivity index (χ0) is 17.2. The Morgan fingerprint density at radius 3 is 2.52 bits per heavy atom. The number of nitrogens with zero attached hydrogens (tertiary/aromatic N) is 1. The second-order valence-corrected chi connectivity index (χ2v) is 7.73. The van der Waals surface area contributed by atoms with E-state index in [4.69, 9.17) is 16.3 Å². The Labute approximate surface area is 155 Å². The van der Waals surface area contributed by atoms with Gasteiger partial charge in [0.1, 0.15) is 11.9 Å². The molecule has 0 bridgehead atoms. The van der Waals surface area contributed by atoms with Gasteiger partial charge in [0.15, 0.2) is 0 Å². The molecule has 0 unspecified atom stereocenters. The molecule has 0 N–H and O–H groups in total.